The highest BCUT2D eigenvalue weighted by atomic mass is 31.2. The summed E-state index contributed by atoms with van der Waals surface area (Å²) < 4.78 is 15.4. The molecule has 0 aliphatic carbocycles. The normalized spacial score (nSPS) is 13.6. The molecule has 0 amide bonds. The van der Waals surface area contributed by atoms with Crippen molar-refractivity contribution in [1.82, 2.24) is 15.0 Å². The summed E-state index contributed by atoms with van der Waals surface area (Å²) in [5, 5.41) is 6.71. The highest BCUT2D eigenvalue weighted by molar-refractivity contribution is 7.85. The van der Waals surface area contributed by atoms with E-state index in [1.807, 2.05) is 73.3 Å². The molecule has 0 unspecified atom stereocenters. The van der Waals surface area contributed by atoms with Crippen molar-refractivity contribution >= 4 is 44.6 Å². The van der Waals surface area contributed by atoms with Crippen LogP contribution in [-0.4, -0.2) is 15.0 Å². The fourth-order valence-electron chi connectivity index (χ4n) is 5.36. The number of nitrogens with zero attached hydrogens (tertiary/aromatic N) is 3. The summed E-state index contributed by atoms with van der Waals surface area (Å²) in [5.41, 5.74) is 4.16. The largest absolute Gasteiger partial charge is 0.309 e. The lowest BCUT2D eigenvalue weighted by atomic mass is 9.86. The Morgan fingerprint density at radius 2 is 0.971 bits per heavy atom. The predicted octanol–water partition coefficient (Wildman–Crippen LogP) is 5.46. The molecule has 6 aromatic rings. The van der Waals surface area contributed by atoms with Gasteiger partial charge in [-0.05, 0) is 57.3 Å². The topological polar surface area (TPSA) is 55.7 Å². The Labute approximate surface area is 196 Å². The van der Waals surface area contributed by atoms with Gasteiger partial charge in [0.2, 0.25) is 0 Å². The van der Waals surface area contributed by atoms with Gasteiger partial charge in [-0.3, -0.25) is 15.0 Å². The van der Waals surface area contributed by atoms with Crippen molar-refractivity contribution in [2.45, 2.75) is 0 Å². The van der Waals surface area contributed by atoms with E-state index in [9.17, 15) is 0 Å². The molecule has 1 aliphatic rings. The molecule has 0 atom stereocenters. The summed E-state index contributed by atoms with van der Waals surface area (Å²) in [7, 11) is -3.20. The van der Waals surface area contributed by atoms with E-state index in [1.165, 1.54) is 0 Å². The monoisotopic (exact) mass is 455 g/mol. The van der Waals surface area contributed by atoms with Crippen LogP contribution < -0.4 is 15.9 Å². The van der Waals surface area contributed by atoms with Gasteiger partial charge in [0.15, 0.2) is 7.14 Å². The minimum atomic E-state index is -3.20. The molecule has 0 spiro atoms. The third-order valence-electron chi connectivity index (χ3n) is 6.77. The molecule has 4 nitrogen and oxygen atoms in total. The highest BCUT2D eigenvalue weighted by Crippen LogP contribution is 2.54. The van der Waals surface area contributed by atoms with Crippen molar-refractivity contribution in [3.05, 3.63) is 110 Å². The highest BCUT2D eigenvalue weighted by Gasteiger charge is 2.38. The van der Waals surface area contributed by atoms with Gasteiger partial charge >= 0.3 is 0 Å². The summed E-state index contributed by atoms with van der Waals surface area (Å²) in [5.74, 6) is 0. The molecule has 0 saturated heterocycles. The Hall–Kier alpha value is -4.14. The van der Waals surface area contributed by atoms with Crippen LogP contribution in [0.4, 0.5) is 0 Å². The zero-order chi connectivity index (χ0) is 22.7. The second-order valence-corrected chi connectivity index (χ2v) is 11.1. The van der Waals surface area contributed by atoms with E-state index < -0.39 is 7.14 Å². The lowest BCUT2D eigenvalue weighted by Gasteiger charge is -2.21. The number of pyridine rings is 3. The summed E-state index contributed by atoms with van der Waals surface area (Å²) >= 11 is 0. The zero-order valence-electron chi connectivity index (χ0n) is 18.1. The van der Waals surface area contributed by atoms with Crippen LogP contribution in [0.2, 0.25) is 0 Å². The molecule has 4 heterocycles. The third-order valence-corrected chi connectivity index (χ3v) is 9.93. The van der Waals surface area contributed by atoms with Gasteiger partial charge < -0.3 is 4.57 Å². The maximum Gasteiger partial charge on any atom is 0.172 e. The fraction of sp³-hybridized carbons (Fsp3) is 0. The van der Waals surface area contributed by atoms with Gasteiger partial charge in [-0.1, -0.05) is 48.5 Å². The van der Waals surface area contributed by atoms with E-state index in [0.29, 0.717) is 0 Å². The van der Waals surface area contributed by atoms with Crippen LogP contribution in [0.3, 0.4) is 0 Å². The molecule has 160 valence electrons. The predicted molar refractivity (Wildman–Crippen MR) is 139 cm³/mol. The smallest absolute Gasteiger partial charge is 0.172 e. The second kappa shape index (κ2) is 7.18. The van der Waals surface area contributed by atoms with E-state index in [4.69, 9.17) is 0 Å². The number of hydrogen-bond acceptors (Lipinski definition) is 4. The lowest BCUT2D eigenvalue weighted by Crippen LogP contribution is -2.26. The van der Waals surface area contributed by atoms with E-state index in [-0.39, 0.29) is 0 Å². The summed E-state index contributed by atoms with van der Waals surface area (Å²) in [4.78, 5) is 13.0. The number of rotatable bonds is 1. The van der Waals surface area contributed by atoms with Crippen LogP contribution in [-0.2, 0) is 4.57 Å². The number of fused-ring (bicyclic) bond motifs is 10. The molecule has 5 heteroatoms. The summed E-state index contributed by atoms with van der Waals surface area (Å²) in [6.45, 7) is 0. The Morgan fingerprint density at radius 3 is 1.50 bits per heavy atom. The Bertz CT molecular complexity index is 1690. The maximum absolute atomic E-state index is 15.4. The first-order valence-corrected chi connectivity index (χ1v) is 12.8. The minimum absolute atomic E-state index is 0.784. The average molecular weight is 455 g/mol. The maximum atomic E-state index is 15.4. The van der Waals surface area contributed by atoms with Crippen LogP contribution in [0.5, 0.6) is 0 Å². The van der Waals surface area contributed by atoms with Crippen LogP contribution >= 0.6 is 7.14 Å². The SMILES string of the molecule is O=P1(c2ccncc2)c2ccccc2-c2c(c3ccncc3c3cnccc23)-c2ccccc21. The van der Waals surface area contributed by atoms with Gasteiger partial charge in [-0.25, -0.2) is 0 Å². The van der Waals surface area contributed by atoms with Crippen LogP contribution in [0.25, 0.3) is 43.8 Å². The van der Waals surface area contributed by atoms with E-state index in [2.05, 4.69) is 39.2 Å². The first kappa shape index (κ1) is 19.3. The molecule has 7 rings (SSSR count). The van der Waals surface area contributed by atoms with Gasteiger partial charge in [0.05, 0.1) is 0 Å². The molecule has 3 aromatic heterocycles. The summed E-state index contributed by atoms with van der Waals surface area (Å²) in [6, 6.07) is 24.1. The molecule has 0 fully saturated rings. The quantitative estimate of drug-likeness (QED) is 0.244. The fourth-order valence-corrected chi connectivity index (χ4v) is 8.38. The van der Waals surface area contributed by atoms with E-state index in [0.717, 1.165) is 59.7 Å². The van der Waals surface area contributed by atoms with Crippen LogP contribution in [0, 0.1) is 0 Å². The molecular formula is C29H18N3OP. The Kier molecular flexibility index (Phi) is 4.08. The van der Waals surface area contributed by atoms with Crippen molar-refractivity contribution in [2.75, 3.05) is 0 Å². The van der Waals surface area contributed by atoms with E-state index >= 15 is 4.57 Å². The first-order valence-electron chi connectivity index (χ1n) is 11.1. The zero-order valence-corrected chi connectivity index (χ0v) is 19.0. The van der Waals surface area contributed by atoms with E-state index in [1.54, 1.807) is 12.4 Å². The Balaban J connectivity index is 1.80. The average Bonchev–Trinajstić information content (AvgIpc) is 3.02. The second-order valence-electron chi connectivity index (χ2n) is 8.44. The Morgan fingerprint density at radius 1 is 0.500 bits per heavy atom. The van der Waals surface area contributed by atoms with Gasteiger partial charge in [0.1, 0.15) is 0 Å². The van der Waals surface area contributed by atoms with Crippen molar-refractivity contribution in [2.24, 2.45) is 0 Å². The molecular weight excluding hydrogens is 437 g/mol. The first-order chi connectivity index (χ1) is 16.8. The standard InChI is InChI=1S/C29H18N3OP/c33-34(19-9-13-30-14-10-19)26-7-3-1-5-22(26)28-20-11-15-31-17-24(20)25-18-32-16-12-21(25)29(28)23-6-2-4-8-27(23)34/h1-18H. The number of aromatic nitrogens is 3. The summed E-state index contributed by atoms with van der Waals surface area (Å²) in [6.07, 6.45) is 10.9. The van der Waals surface area contributed by atoms with Crippen molar-refractivity contribution in [3.8, 4) is 22.3 Å². The number of hydrogen-bond donors (Lipinski definition) is 0. The molecule has 0 radical (unpaired) electrons. The molecule has 3 aromatic carbocycles. The van der Waals surface area contributed by atoms with Crippen LogP contribution in [0.1, 0.15) is 0 Å². The van der Waals surface area contributed by atoms with Gasteiger partial charge in [-0.2, -0.15) is 0 Å². The van der Waals surface area contributed by atoms with Crippen molar-refractivity contribution < 1.29 is 4.57 Å². The number of benzene rings is 3. The molecule has 0 bridgehead atoms. The van der Waals surface area contributed by atoms with Gasteiger partial charge in [-0.15, -0.1) is 0 Å². The molecule has 0 saturated carbocycles. The molecule has 1 aliphatic heterocycles. The van der Waals surface area contributed by atoms with Crippen molar-refractivity contribution in [3.63, 3.8) is 0 Å². The van der Waals surface area contributed by atoms with Crippen molar-refractivity contribution in [1.29, 1.82) is 0 Å². The lowest BCUT2D eigenvalue weighted by molar-refractivity contribution is 0.592. The minimum Gasteiger partial charge on any atom is -0.309 e. The third kappa shape index (κ3) is 2.49. The van der Waals surface area contributed by atoms with Gasteiger partial charge in [0, 0.05) is 63.9 Å². The van der Waals surface area contributed by atoms with Crippen LogP contribution in [0.15, 0.2) is 110 Å². The molecule has 0 N–H and O–H groups in total. The van der Waals surface area contributed by atoms with Gasteiger partial charge in [0.25, 0.3) is 0 Å². The molecule has 34 heavy (non-hydrogen) atoms.